The molecule has 0 saturated heterocycles. The Bertz CT molecular complexity index is 2650. The maximum atomic E-state index is 5.30. The highest BCUT2D eigenvalue weighted by Crippen LogP contribution is 2.44. The van der Waals surface area contributed by atoms with Gasteiger partial charge in [0, 0.05) is 45.1 Å². The predicted octanol–water partition coefficient (Wildman–Crippen LogP) is 10.4. The van der Waals surface area contributed by atoms with Crippen LogP contribution in [0.3, 0.4) is 0 Å². The summed E-state index contributed by atoms with van der Waals surface area (Å²) < 4.78 is 0. The molecule has 0 saturated carbocycles. The van der Waals surface area contributed by atoms with Gasteiger partial charge < -0.3 is 0 Å². The fraction of sp³-hybridized carbons (Fsp3) is 0.0244. The topological polar surface area (TPSA) is 51.6 Å². The Morgan fingerprint density at radius 2 is 0.844 bits per heavy atom. The van der Waals surface area contributed by atoms with Crippen LogP contribution in [-0.2, 0) is 0 Å². The summed E-state index contributed by atoms with van der Waals surface area (Å²) in [6, 6.07) is 41.1. The third-order valence-electron chi connectivity index (χ3n) is 9.28. The number of benzene rings is 6. The lowest BCUT2D eigenvalue weighted by Gasteiger charge is -2.18. The van der Waals surface area contributed by atoms with Crippen LogP contribution in [0.15, 0.2) is 128 Å². The SMILES string of the molecule is Cc1cc2ccc3c(-c4ccc5ccc6cccnc6c5n4)cc(-c4ccc5ccc6cccnc6c5n4)c4ccc(c1)c2c34. The lowest BCUT2D eigenvalue weighted by molar-refractivity contribution is 1.37. The second kappa shape index (κ2) is 9.01. The molecule has 0 atom stereocenters. The molecule has 10 rings (SSSR count). The Balaban J connectivity index is 1.34. The fourth-order valence-electron chi connectivity index (χ4n) is 7.24. The van der Waals surface area contributed by atoms with Crippen molar-refractivity contribution in [1.82, 2.24) is 19.9 Å². The third-order valence-corrected chi connectivity index (χ3v) is 9.28. The van der Waals surface area contributed by atoms with Gasteiger partial charge in [-0.3, -0.25) is 9.97 Å². The van der Waals surface area contributed by atoms with Gasteiger partial charge in [-0.05, 0) is 75.1 Å². The molecule has 4 nitrogen and oxygen atoms in total. The van der Waals surface area contributed by atoms with Crippen molar-refractivity contribution in [1.29, 1.82) is 0 Å². The van der Waals surface area contributed by atoms with Gasteiger partial charge in [0.1, 0.15) is 0 Å². The fourth-order valence-corrected chi connectivity index (χ4v) is 7.24. The molecule has 6 aromatic carbocycles. The number of fused-ring (bicyclic) bond motifs is 6. The Kier molecular flexibility index (Phi) is 4.89. The molecule has 0 fully saturated rings. The van der Waals surface area contributed by atoms with Crippen LogP contribution in [0.25, 0.3) is 98.4 Å². The summed E-state index contributed by atoms with van der Waals surface area (Å²) in [6.07, 6.45) is 3.69. The Morgan fingerprint density at radius 3 is 1.36 bits per heavy atom. The second-order valence-corrected chi connectivity index (χ2v) is 12.0. The molecule has 0 aliphatic rings. The minimum absolute atomic E-state index is 0.912. The van der Waals surface area contributed by atoms with E-state index < -0.39 is 0 Å². The van der Waals surface area contributed by atoms with E-state index in [1.54, 1.807) is 0 Å². The molecule has 0 N–H and O–H groups in total. The minimum atomic E-state index is 0.912. The standard InChI is InChI=1S/C41H24N4/c1-23-20-28-10-14-30-32(34-16-12-26-8-6-24-4-2-18-42-38(24)40(26)44-34)22-33(31-15-11-29(21-23)36(28)37(30)31)35-17-13-27-9-7-25-5-3-19-43-39(25)41(27)45-35/h2-22H,1H3. The number of pyridine rings is 4. The van der Waals surface area contributed by atoms with E-state index in [0.29, 0.717) is 0 Å². The highest BCUT2D eigenvalue weighted by molar-refractivity contribution is 6.28. The third kappa shape index (κ3) is 3.54. The molecule has 0 aliphatic heterocycles. The zero-order valence-electron chi connectivity index (χ0n) is 24.4. The van der Waals surface area contributed by atoms with E-state index in [-0.39, 0.29) is 0 Å². The van der Waals surface area contributed by atoms with Gasteiger partial charge in [0.15, 0.2) is 0 Å². The molecule has 4 aromatic heterocycles. The molecular formula is C41H24N4. The van der Waals surface area contributed by atoms with E-state index in [1.807, 2.05) is 24.5 Å². The Morgan fingerprint density at radius 1 is 0.400 bits per heavy atom. The molecule has 0 radical (unpaired) electrons. The summed E-state index contributed by atoms with van der Waals surface area (Å²) in [7, 11) is 0. The largest absolute Gasteiger partial charge is 0.254 e. The number of rotatable bonds is 2. The van der Waals surface area contributed by atoms with E-state index in [9.17, 15) is 0 Å². The molecule has 0 aliphatic carbocycles. The Labute approximate surface area is 258 Å². The Hall–Kier alpha value is -6.00. The van der Waals surface area contributed by atoms with Gasteiger partial charge in [0.05, 0.1) is 33.5 Å². The van der Waals surface area contributed by atoms with Crippen LogP contribution < -0.4 is 0 Å². The van der Waals surface area contributed by atoms with Crippen LogP contribution in [0, 0.1) is 6.92 Å². The first-order chi connectivity index (χ1) is 22.2. The number of hydrogen-bond donors (Lipinski definition) is 0. The van der Waals surface area contributed by atoms with Crippen LogP contribution in [0.2, 0.25) is 0 Å². The average molecular weight is 573 g/mol. The maximum Gasteiger partial charge on any atom is 0.0972 e. The lowest BCUT2D eigenvalue weighted by Crippen LogP contribution is -1.95. The van der Waals surface area contributed by atoms with Crippen molar-refractivity contribution in [3.8, 4) is 22.5 Å². The maximum absolute atomic E-state index is 5.30. The second-order valence-electron chi connectivity index (χ2n) is 12.0. The summed E-state index contributed by atoms with van der Waals surface area (Å²) in [4.78, 5) is 20.0. The summed E-state index contributed by atoms with van der Waals surface area (Å²) in [5.74, 6) is 0. The van der Waals surface area contributed by atoms with E-state index >= 15 is 0 Å². The summed E-state index contributed by atoms with van der Waals surface area (Å²) in [5.41, 5.74) is 8.92. The van der Waals surface area contributed by atoms with Crippen molar-refractivity contribution in [2.45, 2.75) is 6.92 Å². The van der Waals surface area contributed by atoms with Gasteiger partial charge in [-0.1, -0.05) is 84.9 Å². The van der Waals surface area contributed by atoms with Crippen molar-refractivity contribution in [3.05, 3.63) is 133 Å². The quantitative estimate of drug-likeness (QED) is 0.193. The lowest BCUT2D eigenvalue weighted by atomic mass is 9.87. The van der Waals surface area contributed by atoms with Crippen molar-refractivity contribution < 1.29 is 0 Å². The van der Waals surface area contributed by atoms with Crippen LogP contribution in [0.4, 0.5) is 0 Å². The highest BCUT2D eigenvalue weighted by Gasteiger charge is 2.19. The number of aromatic nitrogens is 4. The minimum Gasteiger partial charge on any atom is -0.254 e. The van der Waals surface area contributed by atoms with E-state index in [1.165, 1.54) is 37.9 Å². The van der Waals surface area contributed by atoms with Gasteiger partial charge >= 0.3 is 0 Å². The highest BCUT2D eigenvalue weighted by atomic mass is 14.8. The molecule has 0 spiro atoms. The first-order valence-electron chi connectivity index (χ1n) is 15.2. The normalized spacial score (nSPS) is 12.1. The molecule has 4 heteroatoms. The zero-order chi connectivity index (χ0) is 29.6. The van der Waals surface area contributed by atoms with Crippen LogP contribution in [-0.4, -0.2) is 19.9 Å². The number of hydrogen-bond acceptors (Lipinski definition) is 4. The smallest absolute Gasteiger partial charge is 0.0972 e. The average Bonchev–Trinajstić information content (AvgIpc) is 3.09. The van der Waals surface area contributed by atoms with Gasteiger partial charge in [0.25, 0.3) is 0 Å². The molecule has 208 valence electrons. The first kappa shape index (κ1) is 24.4. The van der Waals surface area contributed by atoms with E-state index in [2.05, 4.69) is 110 Å². The number of aryl methyl sites for hydroxylation is 1. The monoisotopic (exact) mass is 572 g/mol. The molecule has 0 amide bonds. The van der Waals surface area contributed by atoms with Gasteiger partial charge in [-0.15, -0.1) is 0 Å². The summed E-state index contributed by atoms with van der Waals surface area (Å²) in [6.45, 7) is 2.17. The molecule has 4 heterocycles. The zero-order valence-corrected chi connectivity index (χ0v) is 24.4. The molecule has 0 unspecified atom stereocenters. The van der Waals surface area contributed by atoms with Gasteiger partial charge in [0.2, 0.25) is 0 Å². The first-order valence-corrected chi connectivity index (χ1v) is 15.2. The molecular weight excluding hydrogens is 548 g/mol. The van der Waals surface area contributed by atoms with Crippen LogP contribution >= 0.6 is 0 Å². The van der Waals surface area contributed by atoms with Crippen molar-refractivity contribution in [2.24, 2.45) is 0 Å². The van der Waals surface area contributed by atoms with Gasteiger partial charge in [-0.2, -0.15) is 0 Å². The summed E-state index contributed by atoms with van der Waals surface area (Å²) in [5, 5.41) is 11.7. The van der Waals surface area contributed by atoms with Crippen molar-refractivity contribution >= 4 is 75.9 Å². The summed E-state index contributed by atoms with van der Waals surface area (Å²) >= 11 is 0. The van der Waals surface area contributed by atoms with Crippen LogP contribution in [0.5, 0.6) is 0 Å². The van der Waals surface area contributed by atoms with Crippen LogP contribution in [0.1, 0.15) is 5.56 Å². The molecule has 45 heavy (non-hydrogen) atoms. The number of nitrogens with zero attached hydrogens (tertiary/aromatic N) is 4. The van der Waals surface area contributed by atoms with Crippen molar-refractivity contribution in [2.75, 3.05) is 0 Å². The van der Waals surface area contributed by atoms with E-state index in [4.69, 9.17) is 19.9 Å². The van der Waals surface area contributed by atoms with Gasteiger partial charge in [-0.25, -0.2) is 9.97 Å². The van der Waals surface area contributed by atoms with E-state index in [0.717, 1.165) is 66.1 Å². The predicted molar refractivity (Wildman–Crippen MR) is 187 cm³/mol. The molecule has 10 aromatic rings. The van der Waals surface area contributed by atoms with Crippen molar-refractivity contribution in [3.63, 3.8) is 0 Å². The molecule has 0 bridgehead atoms.